The van der Waals surface area contributed by atoms with Crippen molar-refractivity contribution in [2.24, 2.45) is 0 Å². The fourth-order valence-corrected chi connectivity index (χ4v) is 3.63. The highest BCUT2D eigenvalue weighted by atomic mass is 19.4. The van der Waals surface area contributed by atoms with Crippen LogP contribution < -0.4 is 4.90 Å². The molecule has 0 aliphatic carbocycles. The Kier molecular flexibility index (Phi) is 6.13. The fourth-order valence-electron chi connectivity index (χ4n) is 3.63. The molecule has 164 valence electrons. The number of aromatic nitrogens is 2. The highest BCUT2D eigenvalue weighted by Crippen LogP contribution is 2.20. The minimum absolute atomic E-state index is 0.0887. The maximum Gasteiger partial charge on any atom is 0.411 e. The number of aromatic amines is 1. The van der Waals surface area contributed by atoms with Crippen LogP contribution in [0.15, 0.2) is 48.5 Å². The second kappa shape index (κ2) is 8.97. The predicted octanol–water partition coefficient (Wildman–Crippen LogP) is 3.99. The van der Waals surface area contributed by atoms with E-state index in [1.54, 1.807) is 29.2 Å². The van der Waals surface area contributed by atoms with Gasteiger partial charge in [0, 0.05) is 31.7 Å². The Balaban J connectivity index is 1.35. The Morgan fingerprint density at radius 1 is 1.03 bits per heavy atom. The summed E-state index contributed by atoms with van der Waals surface area (Å²) in [7, 11) is 0. The van der Waals surface area contributed by atoms with Crippen molar-refractivity contribution in [3.05, 3.63) is 59.7 Å². The van der Waals surface area contributed by atoms with Gasteiger partial charge in [-0.3, -0.25) is 4.79 Å². The van der Waals surface area contributed by atoms with Crippen molar-refractivity contribution in [1.82, 2.24) is 14.9 Å². The number of anilines is 1. The molecule has 6 nitrogen and oxygen atoms in total. The van der Waals surface area contributed by atoms with Gasteiger partial charge in [0.15, 0.2) is 0 Å². The second-order valence-corrected chi connectivity index (χ2v) is 7.52. The van der Waals surface area contributed by atoms with Gasteiger partial charge < -0.3 is 19.5 Å². The van der Waals surface area contributed by atoms with Crippen LogP contribution in [0.1, 0.15) is 22.3 Å². The van der Waals surface area contributed by atoms with E-state index in [1.165, 1.54) is 0 Å². The number of rotatable bonds is 5. The van der Waals surface area contributed by atoms with Gasteiger partial charge in [0.1, 0.15) is 6.61 Å². The summed E-state index contributed by atoms with van der Waals surface area (Å²) in [5.41, 5.74) is 2.99. The zero-order valence-electron chi connectivity index (χ0n) is 16.9. The first-order valence-corrected chi connectivity index (χ1v) is 10.1. The number of alkyl halides is 3. The zero-order valence-corrected chi connectivity index (χ0v) is 16.9. The highest BCUT2D eigenvalue weighted by molar-refractivity contribution is 5.94. The Hall–Kier alpha value is -3.07. The summed E-state index contributed by atoms with van der Waals surface area (Å²) in [4.78, 5) is 24.8. The van der Waals surface area contributed by atoms with E-state index >= 15 is 0 Å². The molecule has 2 heterocycles. The van der Waals surface area contributed by atoms with Crippen LogP contribution in [0, 0.1) is 0 Å². The van der Waals surface area contributed by atoms with Gasteiger partial charge in [-0.05, 0) is 36.2 Å². The molecule has 0 bridgehead atoms. The van der Waals surface area contributed by atoms with Crippen LogP contribution in [-0.4, -0.2) is 59.7 Å². The number of imidazole rings is 1. The highest BCUT2D eigenvalue weighted by Gasteiger charge is 2.27. The number of para-hydroxylation sites is 2. The Bertz CT molecular complexity index is 1000. The van der Waals surface area contributed by atoms with E-state index in [1.807, 2.05) is 24.3 Å². The first kappa shape index (κ1) is 21.2. The number of nitrogens with zero attached hydrogens (tertiary/aromatic N) is 3. The number of nitrogens with one attached hydrogen (secondary N) is 1. The molecule has 0 atom stereocenters. The smallest absolute Gasteiger partial charge is 0.367 e. The van der Waals surface area contributed by atoms with Crippen molar-refractivity contribution in [3.8, 4) is 0 Å². The van der Waals surface area contributed by atoms with E-state index < -0.39 is 12.8 Å². The third kappa shape index (κ3) is 5.35. The number of hydrogen-bond donors (Lipinski definition) is 1. The molecule has 4 rings (SSSR count). The number of fused-ring (bicyclic) bond motifs is 1. The lowest BCUT2D eigenvalue weighted by Gasteiger charge is -2.22. The molecular weight excluding hydrogens is 409 g/mol. The third-order valence-corrected chi connectivity index (χ3v) is 5.19. The minimum Gasteiger partial charge on any atom is -0.367 e. The summed E-state index contributed by atoms with van der Waals surface area (Å²) in [6, 6.07) is 14.4. The molecule has 1 fully saturated rings. The SMILES string of the molecule is O=C(c1ccc(COCC(F)(F)F)cc1)N1CCCN(c2nc3ccccc3[nH]2)CC1. The van der Waals surface area contributed by atoms with E-state index in [0.29, 0.717) is 30.8 Å². The van der Waals surface area contributed by atoms with Gasteiger partial charge in [-0.1, -0.05) is 24.3 Å². The number of hydrogen-bond acceptors (Lipinski definition) is 4. The summed E-state index contributed by atoms with van der Waals surface area (Å²) in [5.74, 6) is 0.716. The topological polar surface area (TPSA) is 61.5 Å². The fraction of sp³-hybridized carbons (Fsp3) is 0.364. The monoisotopic (exact) mass is 432 g/mol. The summed E-state index contributed by atoms with van der Waals surface area (Å²) in [6.45, 7) is 1.21. The summed E-state index contributed by atoms with van der Waals surface area (Å²) < 4.78 is 41.2. The zero-order chi connectivity index (χ0) is 21.8. The first-order valence-electron chi connectivity index (χ1n) is 10.1. The average Bonchev–Trinajstić information content (AvgIpc) is 3.02. The predicted molar refractivity (Wildman–Crippen MR) is 111 cm³/mol. The molecule has 9 heteroatoms. The number of amides is 1. The van der Waals surface area contributed by atoms with Gasteiger partial charge in [-0.25, -0.2) is 4.98 Å². The van der Waals surface area contributed by atoms with E-state index in [9.17, 15) is 18.0 Å². The van der Waals surface area contributed by atoms with Crippen LogP contribution in [0.2, 0.25) is 0 Å². The number of benzene rings is 2. The number of ether oxygens (including phenoxy) is 1. The van der Waals surface area contributed by atoms with E-state index in [0.717, 1.165) is 29.9 Å². The largest absolute Gasteiger partial charge is 0.411 e. The Morgan fingerprint density at radius 3 is 2.55 bits per heavy atom. The molecular formula is C22H23F3N4O2. The molecule has 31 heavy (non-hydrogen) atoms. The first-order chi connectivity index (χ1) is 14.9. The standard InChI is InChI=1S/C22H23F3N4O2/c23-22(24,25)15-31-14-16-6-8-17(9-7-16)20(30)28-10-3-11-29(13-12-28)21-26-18-4-1-2-5-19(18)27-21/h1-2,4-9H,3,10-15H2,(H,26,27). The lowest BCUT2D eigenvalue weighted by molar-refractivity contribution is -0.176. The molecule has 1 aliphatic rings. The van der Waals surface area contributed by atoms with Crippen LogP contribution in [0.25, 0.3) is 11.0 Å². The molecule has 1 saturated heterocycles. The van der Waals surface area contributed by atoms with E-state index in [-0.39, 0.29) is 12.5 Å². The molecule has 1 N–H and O–H groups in total. The van der Waals surface area contributed by atoms with Crippen LogP contribution in [0.3, 0.4) is 0 Å². The lowest BCUT2D eigenvalue weighted by atomic mass is 10.1. The summed E-state index contributed by atoms with van der Waals surface area (Å²) in [5, 5.41) is 0. The Labute approximate surface area is 177 Å². The van der Waals surface area contributed by atoms with Crippen molar-refractivity contribution in [2.75, 3.05) is 37.7 Å². The molecule has 3 aromatic rings. The quantitative estimate of drug-likeness (QED) is 0.662. The van der Waals surface area contributed by atoms with Crippen LogP contribution in [0.5, 0.6) is 0 Å². The molecule has 0 spiro atoms. The van der Waals surface area contributed by atoms with Crippen molar-refractivity contribution in [1.29, 1.82) is 0 Å². The average molecular weight is 432 g/mol. The number of H-pyrrole nitrogens is 1. The number of carbonyl (C=O) groups excluding carboxylic acids is 1. The summed E-state index contributed by atoms with van der Waals surface area (Å²) in [6.07, 6.45) is -3.54. The molecule has 1 aromatic heterocycles. The molecule has 1 amide bonds. The molecule has 0 unspecified atom stereocenters. The maximum absolute atomic E-state index is 12.9. The minimum atomic E-state index is -4.35. The summed E-state index contributed by atoms with van der Waals surface area (Å²) >= 11 is 0. The van der Waals surface area contributed by atoms with Gasteiger partial charge in [-0.15, -0.1) is 0 Å². The van der Waals surface area contributed by atoms with Crippen molar-refractivity contribution in [3.63, 3.8) is 0 Å². The molecule has 0 saturated carbocycles. The lowest BCUT2D eigenvalue weighted by Crippen LogP contribution is -2.35. The van der Waals surface area contributed by atoms with E-state index in [2.05, 4.69) is 19.6 Å². The van der Waals surface area contributed by atoms with Crippen molar-refractivity contribution >= 4 is 22.9 Å². The number of halogens is 3. The van der Waals surface area contributed by atoms with Crippen molar-refractivity contribution < 1.29 is 22.7 Å². The van der Waals surface area contributed by atoms with Gasteiger partial charge >= 0.3 is 6.18 Å². The van der Waals surface area contributed by atoms with E-state index in [4.69, 9.17) is 0 Å². The second-order valence-electron chi connectivity index (χ2n) is 7.52. The van der Waals surface area contributed by atoms with Gasteiger partial charge in [0.25, 0.3) is 5.91 Å². The van der Waals surface area contributed by atoms with Crippen LogP contribution >= 0.6 is 0 Å². The molecule has 2 aromatic carbocycles. The Morgan fingerprint density at radius 2 is 1.81 bits per heavy atom. The molecule has 1 aliphatic heterocycles. The van der Waals surface area contributed by atoms with Gasteiger partial charge in [-0.2, -0.15) is 13.2 Å². The van der Waals surface area contributed by atoms with Gasteiger partial charge in [0.05, 0.1) is 17.6 Å². The maximum atomic E-state index is 12.9. The molecule has 0 radical (unpaired) electrons. The van der Waals surface area contributed by atoms with Crippen LogP contribution in [-0.2, 0) is 11.3 Å². The van der Waals surface area contributed by atoms with Crippen molar-refractivity contribution in [2.45, 2.75) is 19.2 Å². The normalized spacial score (nSPS) is 15.3. The van der Waals surface area contributed by atoms with Gasteiger partial charge in [0.2, 0.25) is 5.95 Å². The third-order valence-electron chi connectivity index (χ3n) is 5.19. The number of carbonyl (C=O) groups is 1. The van der Waals surface area contributed by atoms with Crippen LogP contribution in [0.4, 0.5) is 19.1 Å².